The Morgan fingerprint density at radius 3 is 1.71 bits per heavy atom. The summed E-state index contributed by atoms with van der Waals surface area (Å²) in [6.07, 6.45) is 0.925. The van der Waals surface area contributed by atoms with Crippen LogP contribution in [0, 0.1) is 0 Å². The standard InChI is InChI=1S/C9H20O4Si/c1-7-8(2)9(3,13-8)14(10-4,11-5)12-6/h7H2,1-6H3. The summed E-state index contributed by atoms with van der Waals surface area (Å²) in [7, 11) is 2.15. The molecule has 1 heterocycles. The number of hydrogen-bond donors (Lipinski definition) is 0. The van der Waals surface area contributed by atoms with Crippen LogP contribution >= 0.6 is 0 Å². The van der Waals surface area contributed by atoms with Crippen LogP contribution in [0.3, 0.4) is 0 Å². The highest BCUT2D eigenvalue weighted by Gasteiger charge is 2.79. The van der Waals surface area contributed by atoms with Gasteiger partial charge in [0.1, 0.15) is 0 Å². The molecular formula is C9H20O4Si. The van der Waals surface area contributed by atoms with E-state index in [2.05, 4.69) is 13.8 Å². The summed E-state index contributed by atoms with van der Waals surface area (Å²) < 4.78 is 22.1. The molecule has 0 aromatic heterocycles. The van der Waals surface area contributed by atoms with Gasteiger partial charge in [0.05, 0.1) is 5.60 Å². The Morgan fingerprint density at radius 2 is 1.50 bits per heavy atom. The molecule has 0 N–H and O–H groups in total. The van der Waals surface area contributed by atoms with Crippen LogP contribution < -0.4 is 0 Å². The van der Waals surface area contributed by atoms with Crippen molar-refractivity contribution in [2.45, 2.75) is 38.0 Å². The van der Waals surface area contributed by atoms with Crippen LogP contribution in [0.2, 0.25) is 0 Å². The monoisotopic (exact) mass is 220 g/mol. The molecule has 1 aliphatic rings. The maximum atomic E-state index is 5.77. The first-order chi connectivity index (χ1) is 6.45. The van der Waals surface area contributed by atoms with Gasteiger partial charge in [-0.3, -0.25) is 0 Å². The fraction of sp³-hybridized carbons (Fsp3) is 1.00. The van der Waals surface area contributed by atoms with Gasteiger partial charge in [-0.05, 0) is 20.3 Å². The Morgan fingerprint density at radius 1 is 1.07 bits per heavy atom. The lowest BCUT2D eigenvalue weighted by Gasteiger charge is -2.29. The van der Waals surface area contributed by atoms with Crippen molar-refractivity contribution in [3.05, 3.63) is 0 Å². The molecule has 0 aromatic carbocycles. The number of ether oxygens (including phenoxy) is 1. The van der Waals surface area contributed by atoms with Crippen LogP contribution in [0.15, 0.2) is 0 Å². The molecule has 4 nitrogen and oxygen atoms in total. The SMILES string of the molecule is CCC1(C)OC1(C)[Si](OC)(OC)OC. The predicted octanol–water partition coefficient (Wildman–Crippen LogP) is 1.36. The van der Waals surface area contributed by atoms with E-state index in [1.807, 2.05) is 6.92 Å². The van der Waals surface area contributed by atoms with Gasteiger partial charge >= 0.3 is 8.80 Å². The lowest BCUT2D eigenvalue weighted by molar-refractivity contribution is 0.0912. The molecule has 1 rings (SSSR count). The van der Waals surface area contributed by atoms with Crippen LogP contribution in [0.25, 0.3) is 0 Å². The highest BCUT2D eigenvalue weighted by atomic mass is 28.4. The fourth-order valence-corrected chi connectivity index (χ4v) is 4.90. The molecule has 1 aliphatic heterocycles. The molecule has 0 amide bonds. The largest absolute Gasteiger partial charge is 0.536 e. The first kappa shape index (κ1) is 12.1. The quantitative estimate of drug-likeness (QED) is 0.518. The zero-order valence-electron chi connectivity index (χ0n) is 9.84. The molecule has 14 heavy (non-hydrogen) atoms. The van der Waals surface area contributed by atoms with Crippen molar-refractivity contribution < 1.29 is 18.0 Å². The summed E-state index contributed by atoms with van der Waals surface area (Å²) in [4.78, 5) is 0. The summed E-state index contributed by atoms with van der Waals surface area (Å²) in [5.41, 5.74) is -0.179. The van der Waals surface area contributed by atoms with Crippen molar-refractivity contribution in [2.75, 3.05) is 21.3 Å². The second kappa shape index (κ2) is 3.57. The smallest absolute Gasteiger partial charge is 0.375 e. The van der Waals surface area contributed by atoms with E-state index >= 15 is 0 Å². The molecule has 2 unspecified atom stereocenters. The van der Waals surface area contributed by atoms with Crippen molar-refractivity contribution in [3.63, 3.8) is 0 Å². The van der Waals surface area contributed by atoms with E-state index in [0.29, 0.717) is 0 Å². The Bertz CT molecular complexity index is 211. The minimum Gasteiger partial charge on any atom is -0.375 e. The van der Waals surface area contributed by atoms with Gasteiger partial charge in [-0.15, -0.1) is 0 Å². The van der Waals surface area contributed by atoms with Crippen molar-refractivity contribution >= 4 is 8.80 Å². The average Bonchev–Trinajstić information content (AvgIpc) is 2.76. The molecule has 0 saturated carbocycles. The van der Waals surface area contributed by atoms with Gasteiger partial charge in [-0.1, -0.05) is 6.92 Å². The topological polar surface area (TPSA) is 40.2 Å². The van der Waals surface area contributed by atoms with E-state index in [4.69, 9.17) is 18.0 Å². The van der Waals surface area contributed by atoms with E-state index in [1.165, 1.54) is 0 Å². The molecule has 84 valence electrons. The van der Waals surface area contributed by atoms with Gasteiger partial charge in [0.15, 0.2) is 5.22 Å². The van der Waals surface area contributed by atoms with Gasteiger partial charge in [-0.2, -0.15) is 0 Å². The molecule has 5 heteroatoms. The second-order valence-corrected chi connectivity index (χ2v) is 7.18. The van der Waals surface area contributed by atoms with Crippen LogP contribution in [0.1, 0.15) is 27.2 Å². The summed E-state index contributed by atoms with van der Waals surface area (Å²) in [6, 6.07) is 0. The normalized spacial score (nSPS) is 37.3. The van der Waals surface area contributed by atoms with E-state index in [0.717, 1.165) is 6.42 Å². The fourth-order valence-electron chi connectivity index (χ4n) is 2.06. The van der Waals surface area contributed by atoms with E-state index in [9.17, 15) is 0 Å². The molecule has 0 bridgehead atoms. The molecule has 1 fully saturated rings. The Kier molecular flexibility index (Phi) is 3.09. The highest BCUT2D eigenvalue weighted by Crippen LogP contribution is 2.55. The maximum absolute atomic E-state index is 5.77. The Balaban J connectivity index is 2.92. The Hall–Kier alpha value is 0.0569. The minimum atomic E-state index is -2.69. The first-order valence-electron chi connectivity index (χ1n) is 4.81. The predicted molar refractivity (Wildman–Crippen MR) is 55.0 cm³/mol. The summed E-state index contributed by atoms with van der Waals surface area (Å²) in [5.74, 6) is 0. The van der Waals surface area contributed by atoms with Gasteiger partial charge < -0.3 is 18.0 Å². The van der Waals surface area contributed by atoms with Crippen LogP contribution in [0.4, 0.5) is 0 Å². The second-order valence-electron chi connectivity index (χ2n) is 3.89. The lowest BCUT2D eigenvalue weighted by Crippen LogP contribution is -2.58. The third-order valence-electron chi connectivity index (χ3n) is 3.46. The van der Waals surface area contributed by atoms with Gasteiger partial charge in [0, 0.05) is 21.3 Å². The third-order valence-corrected chi connectivity index (χ3v) is 6.87. The van der Waals surface area contributed by atoms with Crippen LogP contribution in [-0.2, 0) is 18.0 Å². The van der Waals surface area contributed by atoms with Crippen molar-refractivity contribution in [2.24, 2.45) is 0 Å². The van der Waals surface area contributed by atoms with E-state index in [-0.39, 0.29) is 5.60 Å². The summed E-state index contributed by atoms with van der Waals surface area (Å²) in [5, 5.41) is -0.410. The Labute approximate surface area is 86.9 Å². The highest BCUT2D eigenvalue weighted by molar-refractivity contribution is 6.65. The lowest BCUT2D eigenvalue weighted by atomic mass is 10.1. The van der Waals surface area contributed by atoms with E-state index < -0.39 is 14.0 Å². The molecule has 0 spiro atoms. The van der Waals surface area contributed by atoms with E-state index in [1.54, 1.807) is 21.3 Å². The van der Waals surface area contributed by atoms with Crippen molar-refractivity contribution in [1.82, 2.24) is 0 Å². The molecular weight excluding hydrogens is 200 g/mol. The molecule has 2 atom stereocenters. The zero-order valence-corrected chi connectivity index (χ0v) is 10.8. The number of epoxide rings is 1. The van der Waals surface area contributed by atoms with Crippen LogP contribution in [-0.4, -0.2) is 41.0 Å². The average molecular weight is 220 g/mol. The number of hydrogen-bond acceptors (Lipinski definition) is 4. The molecule has 0 aromatic rings. The molecule has 0 aliphatic carbocycles. The van der Waals surface area contributed by atoms with Gasteiger partial charge in [-0.25, -0.2) is 0 Å². The first-order valence-corrected chi connectivity index (χ1v) is 6.53. The minimum absolute atomic E-state index is 0.179. The summed E-state index contributed by atoms with van der Waals surface area (Å²) in [6.45, 7) is 6.15. The zero-order chi connectivity index (χ0) is 11.0. The van der Waals surface area contributed by atoms with Gasteiger partial charge in [0.25, 0.3) is 0 Å². The maximum Gasteiger partial charge on any atom is 0.536 e. The number of rotatable bonds is 5. The molecule has 1 saturated heterocycles. The summed E-state index contributed by atoms with van der Waals surface area (Å²) >= 11 is 0. The van der Waals surface area contributed by atoms with Gasteiger partial charge in [0.2, 0.25) is 0 Å². The van der Waals surface area contributed by atoms with Crippen molar-refractivity contribution in [3.8, 4) is 0 Å². The third kappa shape index (κ3) is 1.27. The van der Waals surface area contributed by atoms with Crippen molar-refractivity contribution in [1.29, 1.82) is 0 Å². The molecule has 0 radical (unpaired) electrons. The van der Waals surface area contributed by atoms with Crippen LogP contribution in [0.5, 0.6) is 0 Å².